The minimum Gasteiger partial charge on any atom is -0.435 e. The van der Waals surface area contributed by atoms with Gasteiger partial charge < -0.3 is 24.4 Å². The van der Waals surface area contributed by atoms with Crippen LogP contribution < -0.4 is 10.1 Å². The van der Waals surface area contributed by atoms with Crippen LogP contribution in [0.25, 0.3) is 0 Å². The van der Waals surface area contributed by atoms with Gasteiger partial charge in [0.25, 0.3) is 0 Å². The van der Waals surface area contributed by atoms with E-state index in [1.54, 1.807) is 24.3 Å². The average Bonchev–Trinajstić information content (AvgIpc) is 3.15. The molecule has 1 aliphatic heterocycles. The largest absolute Gasteiger partial charge is 0.435 e. The third-order valence-electron chi connectivity index (χ3n) is 4.09. The van der Waals surface area contributed by atoms with Crippen molar-refractivity contribution in [1.82, 2.24) is 10.2 Å². The fourth-order valence-electron chi connectivity index (χ4n) is 2.80. The van der Waals surface area contributed by atoms with E-state index in [0.717, 1.165) is 37.5 Å². The molecule has 0 aliphatic carbocycles. The number of aliphatic imine (C=N–C) groups is 1. The zero-order valence-corrected chi connectivity index (χ0v) is 18.7. The Hall–Kier alpha value is -1.20. The normalized spacial score (nSPS) is 16.8. The highest BCUT2D eigenvalue weighted by atomic mass is 127. The zero-order chi connectivity index (χ0) is 19.5. The molecule has 0 aromatic heterocycles. The van der Waals surface area contributed by atoms with Crippen molar-refractivity contribution in [2.24, 2.45) is 4.99 Å². The molecule has 1 atom stereocenters. The molecule has 1 unspecified atom stereocenters. The van der Waals surface area contributed by atoms with Crippen molar-refractivity contribution in [3.8, 4) is 5.75 Å². The number of benzene rings is 1. The number of nitrogens with one attached hydrogen (secondary N) is 1. The number of ether oxygens (including phenoxy) is 3. The van der Waals surface area contributed by atoms with Crippen LogP contribution in [0.3, 0.4) is 0 Å². The van der Waals surface area contributed by atoms with Gasteiger partial charge in [0.2, 0.25) is 0 Å². The summed E-state index contributed by atoms with van der Waals surface area (Å²) in [6.45, 7) is 3.09. The molecule has 0 spiro atoms. The maximum Gasteiger partial charge on any atom is 0.387 e. The van der Waals surface area contributed by atoms with Crippen LogP contribution in [0.1, 0.15) is 25.3 Å². The lowest BCUT2D eigenvalue weighted by Gasteiger charge is -2.22. The van der Waals surface area contributed by atoms with Crippen molar-refractivity contribution >= 4 is 29.9 Å². The van der Waals surface area contributed by atoms with E-state index in [0.29, 0.717) is 26.3 Å². The standard InChI is InChI=1S/C19H29F2N3O3.HI/c1-3-22-19(23-10-12-25-14-17-5-4-11-26-17)24(2)13-15-6-8-16(9-7-15)27-18(20)21;/h6-9,17-18H,3-5,10-14H2,1-2H3,(H,22,23);1H. The first-order valence-electron chi connectivity index (χ1n) is 9.31. The van der Waals surface area contributed by atoms with Crippen molar-refractivity contribution in [3.63, 3.8) is 0 Å². The number of halogens is 3. The molecule has 1 aromatic rings. The maximum atomic E-state index is 12.2. The third kappa shape index (κ3) is 9.33. The van der Waals surface area contributed by atoms with E-state index in [1.807, 2.05) is 18.9 Å². The predicted octanol–water partition coefficient (Wildman–Crippen LogP) is 3.50. The van der Waals surface area contributed by atoms with Gasteiger partial charge in [-0.2, -0.15) is 8.78 Å². The van der Waals surface area contributed by atoms with Crippen molar-refractivity contribution in [3.05, 3.63) is 29.8 Å². The Kier molecular flexibility index (Phi) is 12.3. The van der Waals surface area contributed by atoms with Crippen molar-refractivity contribution in [2.45, 2.75) is 39.0 Å². The highest BCUT2D eigenvalue weighted by molar-refractivity contribution is 14.0. The topological polar surface area (TPSA) is 55.3 Å². The Labute approximate surface area is 182 Å². The second-order valence-corrected chi connectivity index (χ2v) is 6.32. The Morgan fingerprint density at radius 2 is 2.11 bits per heavy atom. The Morgan fingerprint density at radius 1 is 1.36 bits per heavy atom. The third-order valence-corrected chi connectivity index (χ3v) is 4.09. The first kappa shape index (κ1) is 24.8. The van der Waals surface area contributed by atoms with Gasteiger partial charge in [-0.1, -0.05) is 12.1 Å². The molecule has 160 valence electrons. The second-order valence-electron chi connectivity index (χ2n) is 6.32. The van der Waals surface area contributed by atoms with E-state index in [4.69, 9.17) is 9.47 Å². The van der Waals surface area contributed by atoms with Gasteiger partial charge in [-0.3, -0.25) is 4.99 Å². The number of rotatable bonds is 10. The Bertz CT molecular complexity index is 570. The average molecular weight is 513 g/mol. The summed E-state index contributed by atoms with van der Waals surface area (Å²) in [6, 6.07) is 6.61. The van der Waals surface area contributed by atoms with Crippen molar-refractivity contribution in [2.75, 3.05) is 40.0 Å². The van der Waals surface area contributed by atoms with E-state index in [9.17, 15) is 8.78 Å². The van der Waals surface area contributed by atoms with Crippen LogP contribution >= 0.6 is 24.0 Å². The number of nitrogens with zero attached hydrogens (tertiary/aromatic N) is 2. The minimum atomic E-state index is -2.81. The molecule has 1 saturated heterocycles. The summed E-state index contributed by atoms with van der Waals surface area (Å²) < 4.78 is 39.9. The highest BCUT2D eigenvalue weighted by Gasteiger charge is 2.15. The fraction of sp³-hybridized carbons (Fsp3) is 0.632. The molecule has 2 rings (SSSR count). The summed E-state index contributed by atoms with van der Waals surface area (Å²) in [5.74, 6) is 0.923. The van der Waals surface area contributed by atoms with Crippen LogP contribution in [-0.2, 0) is 16.0 Å². The van der Waals surface area contributed by atoms with Crippen molar-refractivity contribution in [1.29, 1.82) is 0 Å². The molecular formula is C19H30F2IN3O3. The molecule has 0 saturated carbocycles. The Morgan fingerprint density at radius 3 is 2.71 bits per heavy atom. The van der Waals surface area contributed by atoms with Crippen LogP contribution in [0.4, 0.5) is 8.78 Å². The molecule has 0 bridgehead atoms. The SMILES string of the molecule is CCNC(=NCCOCC1CCCO1)N(C)Cc1ccc(OC(F)F)cc1.I. The maximum absolute atomic E-state index is 12.2. The molecule has 1 heterocycles. The van der Waals surface area contributed by atoms with Gasteiger partial charge in [-0.05, 0) is 37.5 Å². The smallest absolute Gasteiger partial charge is 0.387 e. The second kappa shape index (κ2) is 13.9. The molecule has 28 heavy (non-hydrogen) atoms. The molecule has 1 N–H and O–H groups in total. The van der Waals surface area contributed by atoms with E-state index >= 15 is 0 Å². The zero-order valence-electron chi connectivity index (χ0n) is 16.4. The minimum absolute atomic E-state index is 0. The Balaban J connectivity index is 0.00000392. The van der Waals surface area contributed by atoms with E-state index in [2.05, 4.69) is 15.0 Å². The van der Waals surface area contributed by atoms with Gasteiger partial charge in [-0.25, -0.2) is 0 Å². The summed E-state index contributed by atoms with van der Waals surface area (Å²) in [5, 5.41) is 3.24. The van der Waals surface area contributed by atoms with Crippen LogP contribution in [0, 0.1) is 0 Å². The number of hydrogen-bond donors (Lipinski definition) is 1. The molecule has 6 nitrogen and oxygen atoms in total. The number of guanidine groups is 1. The van der Waals surface area contributed by atoms with Crippen molar-refractivity contribution < 1.29 is 23.0 Å². The van der Waals surface area contributed by atoms with Crippen LogP contribution in [0.2, 0.25) is 0 Å². The molecule has 0 amide bonds. The summed E-state index contributed by atoms with van der Waals surface area (Å²) >= 11 is 0. The summed E-state index contributed by atoms with van der Waals surface area (Å²) in [7, 11) is 1.93. The van der Waals surface area contributed by atoms with Gasteiger partial charge in [0.1, 0.15) is 5.75 Å². The van der Waals surface area contributed by atoms with Gasteiger partial charge in [-0.15, -0.1) is 24.0 Å². The lowest BCUT2D eigenvalue weighted by molar-refractivity contribution is -0.0498. The van der Waals surface area contributed by atoms with Crippen LogP contribution in [0.5, 0.6) is 5.75 Å². The number of alkyl halides is 2. The molecule has 1 fully saturated rings. The van der Waals surface area contributed by atoms with Crippen LogP contribution in [0.15, 0.2) is 29.3 Å². The highest BCUT2D eigenvalue weighted by Crippen LogP contribution is 2.16. The van der Waals surface area contributed by atoms with E-state index in [-0.39, 0.29) is 35.8 Å². The van der Waals surface area contributed by atoms with Gasteiger partial charge in [0.05, 0.1) is 25.9 Å². The first-order chi connectivity index (χ1) is 13.1. The lowest BCUT2D eigenvalue weighted by Crippen LogP contribution is -2.38. The van der Waals surface area contributed by atoms with E-state index in [1.165, 1.54) is 0 Å². The lowest BCUT2D eigenvalue weighted by atomic mass is 10.2. The molecular weight excluding hydrogens is 483 g/mol. The van der Waals surface area contributed by atoms with Gasteiger partial charge >= 0.3 is 6.61 Å². The predicted molar refractivity (Wildman–Crippen MR) is 116 cm³/mol. The number of hydrogen-bond acceptors (Lipinski definition) is 4. The van der Waals surface area contributed by atoms with Gasteiger partial charge in [0.15, 0.2) is 5.96 Å². The quantitative estimate of drug-likeness (QED) is 0.225. The molecule has 1 aromatic carbocycles. The monoisotopic (exact) mass is 513 g/mol. The molecule has 1 aliphatic rings. The summed E-state index contributed by atoms with van der Waals surface area (Å²) in [4.78, 5) is 6.55. The summed E-state index contributed by atoms with van der Waals surface area (Å²) in [6.07, 6.45) is 2.40. The van der Waals surface area contributed by atoms with E-state index < -0.39 is 6.61 Å². The molecule has 0 radical (unpaired) electrons. The molecule has 9 heteroatoms. The van der Waals surface area contributed by atoms with Gasteiger partial charge in [0, 0.05) is 26.7 Å². The fourth-order valence-corrected chi connectivity index (χ4v) is 2.80. The first-order valence-corrected chi connectivity index (χ1v) is 9.31. The summed E-state index contributed by atoms with van der Waals surface area (Å²) in [5.41, 5.74) is 0.972. The van der Waals surface area contributed by atoms with Crippen LogP contribution in [-0.4, -0.2) is 63.5 Å².